The highest BCUT2D eigenvalue weighted by molar-refractivity contribution is 7.18. The van der Waals surface area contributed by atoms with Crippen LogP contribution in [0.4, 0.5) is 32.1 Å². The maximum Gasteiger partial charge on any atom is 0.280 e. The quantitative estimate of drug-likeness (QED) is 0.0192. The Morgan fingerprint density at radius 2 is 0.738 bits per heavy atom. The highest BCUT2D eigenvalue weighted by Gasteiger charge is 2.48. The predicted octanol–water partition coefficient (Wildman–Crippen LogP) is 17.2. The van der Waals surface area contributed by atoms with Crippen molar-refractivity contribution >= 4 is 116 Å². The molecule has 141 heavy (non-hydrogen) atoms. The maximum atomic E-state index is 14.1. The van der Waals surface area contributed by atoms with Gasteiger partial charge in [0.1, 0.15) is 46.0 Å². The average Bonchev–Trinajstić information content (AvgIpc) is 1.62. The van der Waals surface area contributed by atoms with Crippen LogP contribution >= 0.6 is 45.3 Å². The molecule has 8 aromatic heterocycles. The summed E-state index contributed by atoms with van der Waals surface area (Å²) in [4.78, 5) is 151. The Balaban J connectivity index is 0.000000168. The van der Waals surface area contributed by atoms with Gasteiger partial charge in [-0.2, -0.15) is 0 Å². The Kier molecular flexibility index (Phi) is 34.9. The van der Waals surface area contributed by atoms with Crippen molar-refractivity contribution in [1.82, 2.24) is 80.7 Å². The van der Waals surface area contributed by atoms with Crippen LogP contribution in [0.15, 0.2) is 49.1 Å². The maximum absolute atomic E-state index is 14.1. The van der Waals surface area contributed by atoms with E-state index in [0.717, 1.165) is 156 Å². The number of fused-ring (bicyclic) bond motifs is 2. The number of likely N-dealkylation sites (tertiary alicyclic amines) is 3. The minimum absolute atomic E-state index is 0.0146. The number of amides is 8. The van der Waals surface area contributed by atoms with Crippen LogP contribution in [0.3, 0.4) is 0 Å². The average molecular weight is 2020 g/mol. The van der Waals surface area contributed by atoms with Gasteiger partial charge in [0.2, 0.25) is 0 Å². The molecular formula is C103H146F2N20O12S4. The van der Waals surface area contributed by atoms with Gasteiger partial charge in [0.15, 0.2) is 20.0 Å². The SMILES string of the molecule is CC[C@@H](C)Nc1cc(C)c(-c2sc(C(=O)NCC(C)(C)O)nc2C(=O)N2CCCC[C@@H]2C)cn1.Cc1cc(NCC(C)(C)C)ncc1-c1sc(C(=O)NCC(C)(C)O)nc1C(=O)N1CCC[C@@H]1C.Cc1cc(NCC2(C)CCC2)ncc1-c1sc(C(=O)NCC(C)(C)O)nc1C(=O)N1C2CCC1CC2.Cc1cc(NCC2(C)CCC2)ncc1-c1sc(C(=O)NCC(C)(C)O)nc1C(=O)N1CC(F)(F)C[C@@H]1C. The Morgan fingerprint density at radius 3 is 1.02 bits per heavy atom. The first-order valence-electron chi connectivity index (χ1n) is 49.5. The van der Waals surface area contributed by atoms with E-state index in [0.29, 0.717) is 66.8 Å². The highest BCUT2D eigenvalue weighted by atomic mass is 32.1. The molecular weight excluding hydrogens is 1880 g/mol. The normalized spacial score (nSPS) is 19.3. The number of halogens is 2. The van der Waals surface area contributed by atoms with E-state index in [4.69, 9.17) is 0 Å². The summed E-state index contributed by atoms with van der Waals surface area (Å²) in [5.74, 6) is -2.68. The minimum Gasteiger partial charge on any atom is -0.389 e. The monoisotopic (exact) mass is 2020 g/mol. The third kappa shape index (κ3) is 28.9. The van der Waals surface area contributed by atoms with Gasteiger partial charge in [0, 0.05) is 149 Å². The molecule has 2 saturated carbocycles. The first kappa shape index (κ1) is 110. The first-order valence-corrected chi connectivity index (χ1v) is 52.8. The number of pyridine rings is 4. The third-order valence-corrected chi connectivity index (χ3v) is 31.3. The van der Waals surface area contributed by atoms with Gasteiger partial charge in [-0.3, -0.25) is 38.4 Å². The molecule has 5 aliphatic heterocycles. The second kappa shape index (κ2) is 45.0. The number of hydrogen-bond donors (Lipinski definition) is 12. The first-order chi connectivity index (χ1) is 65.9. The molecule has 8 aromatic rings. The van der Waals surface area contributed by atoms with Crippen molar-refractivity contribution in [1.29, 1.82) is 0 Å². The van der Waals surface area contributed by atoms with E-state index >= 15 is 0 Å². The van der Waals surface area contributed by atoms with Crippen molar-refractivity contribution in [3.8, 4) is 41.8 Å². The Labute approximate surface area is 843 Å². The lowest BCUT2D eigenvalue weighted by Crippen LogP contribution is -2.42. The molecule has 7 fully saturated rings. The summed E-state index contributed by atoms with van der Waals surface area (Å²) < 4.78 is 28.1. The van der Waals surface area contributed by atoms with Crippen LogP contribution in [0.5, 0.6) is 0 Å². The van der Waals surface area contributed by atoms with E-state index in [1.165, 1.54) is 72.5 Å². The van der Waals surface area contributed by atoms with Gasteiger partial charge in [0.05, 0.1) is 48.5 Å². The number of carbonyl (C=O) groups excluding carboxylic acids is 8. The molecule has 768 valence electrons. The lowest BCUT2D eigenvalue weighted by Gasteiger charge is -2.38. The van der Waals surface area contributed by atoms with Crippen molar-refractivity contribution in [2.24, 2.45) is 16.2 Å². The molecule has 0 radical (unpaired) electrons. The Bertz CT molecular complexity index is 5810. The zero-order valence-electron chi connectivity index (χ0n) is 86.0. The molecule has 0 spiro atoms. The standard InChI is InChI=1S/C27H37N5O3S.C26H35F2N5O3S.2C25H37N5O3S/c1-16-12-20(29-15-27(4)10-5-11-27)28-13-19(16)22-21(25(34)32-17-6-7-18(32)9-8-17)31-24(36-22)23(33)30-14-26(2,3)35;1-15-9-18(30-13-25(5)7-6-8-25)29-11-17(15)20-19(23(35)33-14-26(27,28)10-16(33)2)32-22(37-20)21(34)31-12-24(3,4)36;1-15-11-18(27-13-24(3,4)5)26-12-17(15)20-19(23(32)30-10-8-9-16(30)2)29-22(34-20)21(31)28-14-25(6,7)33;1-7-16(3)28-19-12-15(2)18(13-26-19)21-20(24(32)30-11-9-8-10-17(30)4)29-23(34-21)22(31)27-14-25(5,6)33/h12-13,17-18,35H,5-11,14-15H2,1-4H3,(H,28,29)(H,30,33);9,11,16,36H,6-8,10,12-14H2,1-5H3,(H,29,30)(H,31,34);11-12,16,33H,8-10,13-14H2,1-7H3,(H,26,27)(H,28,31);12-13,16-17,33H,7-11,14H2,1-6H3,(H,26,28)(H,27,31)/t;2*16-;16-,17+/m.001/s1. The van der Waals surface area contributed by atoms with E-state index in [1.54, 1.807) is 87.1 Å². The van der Waals surface area contributed by atoms with Crippen LogP contribution in [-0.2, 0) is 0 Å². The minimum atomic E-state index is -2.97. The van der Waals surface area contributed by atoms with Crippen LogP contribution in [-0.4, -0.2) is 257 Å². The Hall–Kier alpha value is -10.2. The molecule has 2 bridgehead atoms. The number of anilines is 4. The van der Waals surface area contributed by atoms with E-state index < -0.39 is 71.0 Å². The second-order valence-corrected chi connectivity index (χ2v) is 48.1. The fourth-order valence-corrected chi connectivity index (χ4v) is 22.1. The van der Waals surface area contributed by atoms with Gasteiger partial charge < -0.3 is 82.6 Å². The van der Waals surface area contributed by atoms with E-state index in [2.05, 4.69) is 138 Å². The molecule has 13 heterocycles. The summed E-state index contributed by atoms with van der Waals surface area (Å²) in [7, 11) is 0. The molecule has 15 rings (SSSR count). The van der Waals surface area contributed by atoms with Gasteiger partial charge in [-0.1, -0.05) is 54.4 Å². The van der Waals surface area contributed by atoms with Crippen molar-refractivity contribution in [3.05, 3.63) is 114 Å². The predicted molar refractivity (Wildman–Crippen MR) is 553 cm³/mol. The number of nitrogens with one attached hydrogen (secondary N) is 8. The molecule has 5 saturated heterocycles. The summed E-state index contributed by atoms with van der Waals surface area (Å²) in [5.41, 5.74) is 4.04. The van der Waals surface area contributed by atoms with Crippen LogP contribution in [0.1, 0.15) is 337 Å². The van der Waals surface area contributed by atoms with Gasteiger partial charge in [-0.05, 0) is 263 Å². The van der Waals surface area contributed by atoms with E-state index in [9.17, 15) is 67.6 Å². The van der Waals surface area contributed by atoms with Crippen LogP contribution in [0, 0.1) is 43.9 Å². The Morgan fingerprint density at radius 1 is 0.426 bits per heavy atom. The smallest absolute Gasteiger partial charge is 0.280 e. The molecule has 2 aliphatic carbocycles. The number of nitrogens with zero attached hydrogens (tertiary/aromatic N) is 12. The van der Waals surface area contributed by atoms with Gasteiger partial charge in [0.25, 0.3) is 53.2 Å². The molecule has 7 aliphatic rings. The summed E-state index contributed by atoms with van der Waals surface area (Å²) in [5, 5.41) is 64.9. The molecule has 8 amide bonds. The number of hydrogen-bond acceptors (Lipinski definition) is 28. The number of carbonyl (C=O) groups is 8. The van der Waals surface area contributed by atoms with Crippen LogP contribution in [0.25, 0.3) is 41.8 Å². The van der Waals surface area contributed by atoms with Crippen molar-refractivity contribution < 1.29 is 67.6 Å². The fourth-order valence-electron chi connectivity index (χ4n) is 17.9. The third-order valence-electron chi connectivity index (χ3n) is 26.9. The number of aryl methyl sites for hydroxylation is 4. The zero-order chi connectivity index (χ0) is 103. The van der Waals surface area contributed by atoms with Gasteiger partial charge >= 0.3 is 0 Å². The number of piperidine rings is 1. The van der Waals surface area contributed by atoms with Crippen LogP contribution in [0.2, 0.25) is 0 Å². The van der Waals surface area contributed by atoms with Gasteiger partial charge in [-0.15, -0.1) is 45.3 Å². The molecule has 38 heteroatoms. The van der Waals surface area contributed by atoms with Crippen molar-refractivity contribution in [2.45, 2.75) is 326 Å². The number of thiazole rings is 4. The highest BCUT2D eigenvalue weighted by Crippen LogP contribution is 2.46. The van der Waals surface area contributed by atoms with E-state index in [-0.39, 0.29) is 116 Å². The number of aliphatic hydroxyl groups is 4. The second-order valence-electron chi connectivity index (χ2n) is 44.1. The van der Waals surface area contributed by atoms with Gasteiger partial charge in [-0.25, -0.2) is 48.7 Å². The largest absolute Gasteiger partial charge is 0.389 e. The van der Waals surface area contributed by atoms with Crippen LogP contribution < -0.4 is 42.5 Å². The van der Waals surface area contributed by atoms with Crippen molar-refractivity contribution in [3.63, 3.8) is 0 Å². The molecule has 32 nitrogen and oxygen atoms in total. The summed E-state index contributed by atoms with van der Waals surface area (Å²) in [6, 6.07) is 8.25. The summed E-state index contributed by atoms with van der Waals surface area (Å²) >= 11 is 4.60. The molecule has 12 N–H and O–H groups in total. The lowest BCUT2D eigenvalue weighted by atomic mass is 9.70. The fraction of sp³-hybridized carbons (Fsp3) is 0.612. The molecule has 0 unspecified atom stereocenters. The van der Waals surface area contributed by atoms with E-state index in [1.807, 2.05) is 73.6 Å². The topological polar surface area (TPSA) is 430 Å². The zero-order valence-corrected chi connectivity index (χ0v) is 89.3. The summed E-state index contributed by atoms with van der Waals surface area (Å²) in [6.45, 7) is 45.0. The molecule has 0 aromatic carbocycles. The number of rotatable bonds is 31. The lowest BCUT2D eigenvalue weighted by molar-refractivity contribution is 0.0117. The van der Waals surface area contributed by atoms with Crippen molar-refractivity contribution in [2.75, 3.05) is 86.7 Å². The summed E-state index contributed by atoms with van der Waals surface area (Å²) in [6.07, 6.45) is 23.9. The number of aromatic nitrogens is 8. The number of alkyl halides is 2. The molecule has 4 atom stereocenters.